The van der Waals surface area contributed by atoms with Gasteiger partial charge in [0.25, 0.3) is 0 Å². The molecule has 0 saturated heterocycles. The van der Waals surface area contributed by atoms with Crippen LogP contribution in [0.15, 0.2) is 11.6 Å². The minimum Gasteiger partial charge on any atom is -0.396 e. The monoisotopic (exact) mass is 426 g/mol. The first-order valence-corrected chi connectivity index (χ1v) is 13.7. The highest BCUT2D eigenvalue weighted by Crippen LogP contribution is 2.75. The first kappa shape index (κ1) is 22.5. The van der Waals surface area contributed by atoms with Gasteiger partial charge < -0.3 is 5.11 Å². The third-order valence-electron chi connectivity index (χ3n) is 12.9. The molecule has 0 bridgehead atoms. The van der Waals surface area contributed by atoms with Crippen molar-refractivity contribution in [2.24, 2.45) is 50.2 Å². The molecule has 0 aromatic rings. The lowest BCUT2D eigenvalue weighted by Crippen LogP contribution is -2.63. The second-order valence-electron chi connectivity index (χ2n) is 15.1. The standard InChI is InChI=1S/C30H50O/c1-25(2)15-17-30(20-31)18-16-28(6)21(22(30)19-25)9-10-24-27(5)13-8-12-26(3,4)23(27)11-14-29(24,28)7/h9,22-24,31H,8,10-20H2,1-7H3/t22-,23-,24+,27-,28+,29+,30+/m0/s1. The molecule has 0 aromatic heterocycles. The Balaban J connectivity index is 1.58. The Hall–Kier alpha value is -0.300. The lowest BCUT2D eigenvalue weighted by Gasteiger charge is -2.71. The molecule has 4 saturated carbocycles. The zero-order valence-electron chi connectivity index (χ0n) is 21.7. The first-order chi connectivity index (χ1) is 14.3. The van der Waals surface area contributed by atoms with Gasteiger partial charge in [0.15, 0.2) is 0 Å². The Morgan fingerprint density at radius 3 is 2.26 bits per heavy atom. The summed E-state index contributed by atoms with van der Waals surface area (Å²) in [7, 11) is 0. The zero-order valence-corrected chi connectivity index (χ0v) is 21.7. The van der Waals surface area contributed by atoms with E-state index in [1.807, 2.05) is 0 Å². The van der Waals surface area contributed by atoms with Gasteiger partial charge in [-0.15, -0.1) is 0 Å². The molecule has 1 heteroatoms. The van der Waals surface area contributed by atoms with Crippen LogP contribution in [-0.4, -0.2) is 11.7 Å². The highest BCUT2D eigenvalue weighted by Gasteiger charge is 2.67. The van der Waals surface area contributed by atoms with E-state index >= 15 is 0 Å². The number of aliphatic hydroxyl groups excluding tert-OH is 1. The third kappa shape index (κ3) is 2.83. The molecule has 0 amide bonds. The molecule has 176 valence electrons. The number of aliphatic hydroxyl groups is 1. The highest BCUT2D eigenvalue weighted by atomic mass is 16.3. The zero-order chi connectivity index (χ0) is 22.5. The van der Waals surface area contributed by atoms with Gasteiger partial charge in [-0.3, -0.25) is 0 Å². The van der Waals surface area contributed by atoms with Gasteiger partial charge in [0.1, 0.15) is 0 Å². The van der Waals surface area contributed by atoms with Crippen LogP contribution in [-0.2, 0) is 0 Å². The predicted molar refractivity (Wildman–Crippen MR) is 131 cm³/mol. The summed E-state index contributed by atoms with van der Waals surface area (Å²) >= 11 is 0. The van der Waals surface area contributed by atoms with Crippen LogP contribution in [0.1, 0.15) is 119 Å². The fourth-order valence-corrected chi connectivity index (χ4v) is 10.7. The molecule has 0 aliphatic heterocycles. The second kappa shape index (κ2) is 6.64. The smallest absolute Gasteiger partial charge is 0.0493 e. The van der Waals surface area contributed by atoms with Gasteiger partial charge in [-0.1, -0.05) is 66.5 Å². The molecule has 0 radical (unpaired) electrons. The van der Waals surface area contributed by atoms with Crippen molar-refractivity contribution >= 4 is 0 Å². The van der Waals surface area contributed by atoms with Crippen LogP contribution < -0.4 is 0 Å². The summed E-state index contributed by atoms with van der Waals surface area (Å²) in [6.07, 6.45) is 17.5. The van der Waals surface area contributed by atoms with Gasteiger partial charge in [-0.25, -0.2) is 0 Å². The predicted octanol–water partition coefficient (Wildman–Crippen LogP) is 8.17. The van der Waals surface area contributed by atoms with Gasteiger partial charge >= 0.3 is 0 Å². The quantitative estimate of drug-likeness (QED) is 0.419. The fraction of sp³-hybridized carbons (Fsp3) is 0.933. The molecule has 7 atom stereocenters. The molecule has 4 fully saturated rings. The largest absolute Gasteiger partial charge is 0.396 e. The topological polar surface area (TPSA) is 20.2 Å². The van der Waals surface area contributed by atoms with Crippen molar-refractivity contribution in [2.45, 2.75) is 119 Å². The Morgan fingerprint density at radius 2 is 1.55 bits per heavy atom. The van der Waals surface area contributed by atoms with Crippen LogP contribution in [0.4, 0.5) is 0 Å². The molecule has 31 heavy (non-hydrogen) atoms. The van der Waals surface area contributed by atoms with E-state index in [1.165, 1.54) is 70.6 Å². The first-order valence-electron chi connectivity index (χ1n) is 13.7. The van der Waals surface area contributed by atoms with Gasteiger partial charge in [0, 0.05) is 12.0 Å². The highest BCUT2D eigenvalue weighted by molar-refractivity contribution is 5.33. The summed E-state index contributed by atoms with van der Waals surface area (Å²) in [5.41, 5.74) is 4.11. The van der Waals surface area contributed by atoms with E-state index in [-0.39, 0.29) is 5.41 Å². The second-order valence-corrected chi connectivity index (χ2v) is 15.1. The minimum absolute atomic E-state index is 0.165. The van der Waals surface area contributed by atoms with E-state index in [4.69, 9.17) is 0 Å². The average molecular weight is 427 g/mol. The molecular formula is C30H50O. The van der Waals surface area contributed by atoms with E-state index in [0.717, 1.165) is 11.8 Å². The van der Waals surface area contributed by atoms with Gasteiger partial charge in [-0.05, 0) is 109 Å². The van der Waals surface area contributed by atoms with Crippen LogP contribution in [0, 0.1) is 50.2 Å². The molecule has 0 unspecified atom stereocenters. The van der Waals surface area contributed by atoms with E-state index in [9.17, 15) is 5.11 Å². The summed E-state index contributed by atoms with van der Waals surface area (Å²) in [5.74, 6) is 2.32. The number of fused-ring (bicyclic) bond motifs is 7. The van der Waals surface area contributed by atoms with Crippen molar-refractivity contribution in [1.82, 2.24) is 0 Å². The van der Waals surface area contributed by atoms with E-state index in [1.54, 1.807) is 5.57 Å². The van der Waals surface area contributed by atoms with E-state index in [2.05, 4.69) is 54.5 Å². The van der Waals surface area contributed by atoms with Crippen LogP contribution in [0.5, 0.6) is 0 Å². The Morgan fingerprint density at radius 1 is 0.839 bits per heavy atom. The molecule has 5 aliphatic rings. The van der Waals surface area contributed by atoms with Crippen LogP contribution >= 0.6 is 0 Å². The summed E-state index contributed by atoms with van der Waals surface area (Å²) in [5, 5.41) is 10.6. The molecule has 0 spiro atoms. The molecule has 5 rings (SSSR count). The van der Waals surface area contributed by atoms with Crippen molar-refractivity contribution in [1.29, 1.82) is 0 Å². The summed E-state index contributed by atoms with van der Waals surface area (Å²) in [6.45, 7) is 18.6. The number of rotatable bonds is 1. The van der Waals surface area contributed by atoms with Crippen molar-refractivity contribution in [3.8, 4) is 0 Å². The average Bonchev–Trinajstić information content (AvgIpc) is 2.67. The third-order valence-corrected chi connectivity index (χ3v) is 12.9. The van der Waals surface area contributed by atoms with Crippen molar-refractivity contribution < 1.29 is 5.11 Å². The van der Waals surface area contributed by atoms with Gasteiger partial charge in [0.2, 0.25) is 0 Å². The van der Waals surface area contributed by atoms with Crippen LogP contribution in [0.25, 0.3) is 0 Å². The Kier molecular flexibility index (Phi) is 4.82. The Bertz CT molecular complexity index is 775. The maximum Gasteiger partial charge on any atom is 0.0493 e. The lowest BCUT2D eigenvalue weighted by atomic mass is 9.34. The lowest BCUT2D eigenvalue weighted by molar-refractivity contribution is -0.182. The van der Waals surface area contributed by atoms with Crippen molar-refractivity contribution in [3.63, 3.8) is 0 Å². The summed E-state index contributed by atoms with van der Waals surface area (Å²) < 4.78 is 0. The van der Waals surface area contributed by atoms with Gasteiger partial charge in [-0.2, -0.15) is 0 Å². The molecular weight excluding hydrogens is 376 g/mol. The van der Waals surface area contributed by atoms with Crippen LogP contribution in [0.3, 0.4) is 0 Å². The number of hydrogen-bond acceptors (Lipinski definition) is 1. The molecule has 1 N–H and O–H groups in total. The van der Waals surface area contributed by atoms with E-state index < -0.39 is 0 Å². The fourth-order valence-electron chi connectivity index (χ4n) is 10.7. The summed E-state index contributed by atoms with van der Waals surface area (Å²) in [6, 6.07) is 0. The molecule has 0 aromatic carbocycles. The van der Waals surface area contributed by atoms with Crippen molar-refractivity contribution in [2.75, 3.05) is 6.61 Å². The maximum atomic E-state index is 10.6. The van der Waals surface area contributed by atoms with Crippen molar-refractivity contribution in [3.05, 3.63) is 11.6 Å². The molecule has 1 nitrogen and oxygen atoms in total. The minimum atomic E-state index is 0.165. The summed E-state index contributed by atoms with van der Waals surface area (Å²) in [4.78, 5) is 0. The number of hydrogen-bond donors (Lipinski definition) is 1. The van der Waals surface area contributed by atoms with Crippen LogP contribution in [0.2, 0.25) is 0 Å². The number of allylic oxidation sites excluding steroid dienone is 2. The molecule has 5 aliphatic carbocycles. The Labute approximate surface area is 192 Å². The maximum absolute atomic E-state index is 10.6. The van der Waals surface area contributed by atoms with E-state index in [0.29, 0.717) is 39.6 Å². The van der Waals surface area contributed by atoms with Gasteiger partial charge in [0.05, 0.1) is 0 Å². The normalized spacial score (nSPS) is 52.8. The SMILES string of the molecule is CC1(C)CC[C@]2(CO)CC[C@]3(C)C(=CC[C@@H]4[C@@]5(C)CCCC(C)(C)[C@@H]5CC[C@]43C)[C@@H]2C1. The molecule has 0 heterocycles.